The van der Waals surface area contributed by atoms with Gasteiger partial charge in [0, 0.05) is 11.4 Å². The quantitative estimate of drug-likeness (QED) is 0.774. The molecular formula is C14H17ClN2OS. The monoisotopic (exact) mass is 296 g/mol. The molecule has 0 bridgehead atoms. The normalized spacial score (nSPS) is 10.8. The maximum absolute atomic E-state index is 11.7. The fourth-order valence-electron chi connectivity index (χ4n) is 1.85. The van der Waals surface area contributed by atoms with Crippen LogP contribution in [-0.2, 0) is 4.79 Å². The van der Waals surface area contributed by atoms with Gasteiger partial charge in [-0.2, -0.15) is 0 Å². The molecule has 102 valence electrons. The lowest BCUT2D eigenvalue weighted by atomic mass is 10.1. The van der Waals surface area contributed by atoms with Crippen LogP contribution in [0.15, 0.2) is 18.2 Å². The molecule has 0 atom stereocenters. The van der Waals surface area contributed by atoms with Gasteiger partial charge in [-0.15, -0.1) is 0 Å². The number of carbonyl (C=O) groups is 1. The molecule has 0 aliphatic rings. The largest absolute Gasteiger partial charge is 0.302 e. The fourth-order valence-corrected chi connectivity index (χ4v) is 3.00. The van der Waals surface area contributed by atoms with Crippen LogP contribution >= 0.6 is 22.9 Å². The number of anilines is 1. The fraction of sp³-hybridized carbons (Fsp3) is 0.429. The molecule has 0 aliphatic carbocycles. The molecular weight excluding hydrogens is 280 g/mol. The van der Waals surface area contributed by atoms with Crippen LogP contribution in [0.25, 0.3) is 10.2 Å². The number of rotatable bonds is 6. The molecule has 0 spiro atoms. The zero-order valence-corrected chi connectivity index (χ0v) is 12.5. The van der Waals surface area contributed by atoms with Crippen molar-refractivity contribution in [1.29, 1.82) is 0 Å². The average molecular weight is 297 g/mol. The number of aromatic nitrogens is 1. The van der Waals surface area contributed by atoms with Crippen molar-refractivity contribution in [1.82, 2.24) is 4.98 Å². The molecule has 2 rings (SSSR count). The number of fused-ring (bicyclic) bond motifs is 1. The molecule has 3 nitrogen and oxygen atoms in total. The SMILES string of the molecule is CCCCCCC(=O)Nc1nc2ccc(Cl)cc2s1. The van der Waals surface area contributed by atoms with Gasteiger partial charge >= 0.3 is 0 Å². The first kappa shape index (κ1) is 14.3. The lowest BCUT2D eigenvalue weighted by Crippen LogP contribution is -2.10. The average Bonchev–Trinajstić information content (AvgIpc) is 2.76. The maximum atomic E-state index is 11.7. The molecule has 1 amide bonds. The summed E-state index contributed by atoms with van der Waals surface area (Å²) in [5, 5.41) is 4.19. The Hall–Kier alpha value is -1.13. The molecule has 5 heteroatoms. The first-order valence-corrected chi connectivity index (χ1v) is 7.74. The Morgan fingerprint density at radius 1 is 1.37 bits per heavy atom. The standard InChI is InChI=1S/C14H17ClN2OS/c1-2-3-4-5-6-13(18)17-14-16-11-8-7-10(15)9-12(11)19-14/h7-9H,2-6H2,1H3,(H,16,17,18). The van der Waals surface area contributed by atoms with Gasteiger partial charge in [0.05, 0.1) is 10.2 Å². The lowest BCUT2D eigenvalue weighted by molar-refractivity contribution is -0.116. The summed E-state index contributed by atoms with van der Waals surface area (Å²) < 4.78 is 0.994. The molecule has 0 radical (unpaired) electrons. The van der Waals surface area contributed by atoms with Crippen LogP contribution in [-0.4, -0.2) is 10.9 Å². The van der Waals surface area contributed by atoms with Crippen LogP contribution in [0.5, 0.6) is 0 Å². The van der Waals surface area contributed by atoms with Crippen LogP contribution in [0.1, 0.15) is 39.0 Å². The summed E-state index contributed by atoms with van der Waals surface area (Å²) in [5.41, 5.74) is 0.871. The summed E-state index contributed by atoms with van der Waals surface area (Å²) in [5.74, 6) is 0.0428. The van der Waals surface area contributed by atoms with Gasteiger partial charge < -0.3 is 5.32 Å². The van der Waals surface area contributed by atoms with Crippen LogP contribution in [0.4, 0.5) is 5.13 Å². The summed E-state index contributed by atoms with van der Waals surface area (Å²) in [6.07, 6.45) is 4.99. The van der Waals surface area contributed by atoms with Crippen molar-refractivity contribution in [2.45, 2.75) is 39.0 Å². The Labute approximate surface area is 122 Å². The second-order valence-electron chi connectivity index (χ2n) is 4.49. The predicted molar refractivity (Wildman–Crippen MR) is 82.0 cm³/mol. The number of hydrogen-bond donors (Lipinski definition) is 1. The number of nitrogens with one attached hydrogen (secondary N) is 1. The molecule has 2 aromatic rings. The number of hydrogen-bond acceptors (Lipinski definition) is 3. The van der Waals surface area contributed by atoms with E-state index in [1.54, 1.807) is 6.07 Å². The Morgan fingerprint density at radius 2 is 2.21 bits per heavy atom. The molecule has 1 N–H and O–H groups in total. The molecule has 0 fully saturated rings. The molecule has 0 saturated carbocycles. The van der Waals surface area contributed by atoms with Gasteiger partial charge in [0.25, 0.3) is 0 Å². The highest BCUT2D eigenvalue weighted by Gasteiger charge is 2.07. The molecule has 0 aliphatic heterocycles. The lowest BCUT2D eigenvalue weighted by Gasteiger charge is -2.00. The van der Waals surface area contributed by atoms with E-state index in [0.29, 0.717) is 16.6 Å². The molecule has 1 heterocycles. The van der Waals surface area contributed by atoms with Crippen LogP contribution in [0.3, 0.4) is 0 Å². The zero-order chi connectivity index (χ0) is 13.7. The van der Waals surface area contributed by atoms with Gasteiger partial charge in [0.15, 0.2) is 5.13 Å². The van der Waals surface area contributed by atoms with Crippen molar-refractivity contribution >= 4 is 44.2 Å². The van der Waals surface area contributed by atoms with E-state index >= 15 is 0 Å². The Bertz CT molecular complexity index is 568. The van der Waals surface area contributed by atoms with Crippen molar-refractivity contribution in [3.8, 4) is 0 Å². The zero-order valence-electron chi connectivity index (χ0n) is 10.9. The predicted octanol–water partition coefficient (Wildman–Crippen LogP) is 4.86. The summed E-state index contributed by atoms with van der Waals surface area (Å²) in [6.45, 7) is 2.16. The second-order valence-corrected chi connectivity index (χ2v) is 5.96. The number of benzene rings is 1. The van der Waals surface area contributed by atoms with E-state index in [0.717, 1.165) is 23.1 Å². The Balaban J connectivity index is 1.91. The molecule has 0 saturated heterocycles. The van der Waals surface area contributed by atoms with E-state index in [2.05, 4.69) is 17.2 Å². The number of amides is 1. The molecule has 1 aromatic heterocycles. The minimum atomic E-state index is 0.0428. The third-order valence-electron chi connectivity index (χ3n) is 2.85. The van der Waals surface area contributed by atoms with E-state index in [1.807, 2.05) is 12.1 Å². The minimum Gasteiger partial charge on any atom is -0.302 e. The highest BCUT2D eigenvalue weighted by molar-refractivity contribution is 7.22. The van der Waals surface area contributed by atoms with E-state index in [1.165, 1.54) is 24.2 Å². The van der Waals surface area contributed by atoms with Crippen LogP contribution in [0, 0.1) is 0 Å². The first-order chi connectivity index (χ1) is 9.19. The summed E-state index contributed by atoms with van der Waals surface area (Å²) in [7, 11) is 0. The van der Waals surface area contributed by atoms with Gasteiger partial charge in [-0.1, -0.05) is 49.1 Å². The van der Waals surface area contributed by atoms with Crippen molar-refractivity contribution in [2.24, 2.45) is 0 Å². The highest BCUT2D eigenvalue weighted by atomic mass is 35.5. The minimum absolute atomic E-state index is 0.0428. The third-order valence-corrected chi connectivity index (χ3v) is 4.02. The topological polar surface area (TPSA) is 42.0 Å². The van der Waals surface area contributed by atoms with Gasteiger partial charge in [-0.3, -0.25) is 4.79 Å². The van der Waals surface area contributed by atoms with E-state index in [9.17, 15) is 4.79 Å². The van der Waals surface area contributed by atoms with Gasteiger partial charge in [0.1, 0.15) is 0 Å². The summed E-state index contributed by atoms with van der Waals surface area (Å²) in [4.78, 5) is 16.1. The molecule has 19 heavy (non-hydrogen) atoms. The third kappa shape index (κ3) is 4.18. The number of halogens is 1. The summed E-state index contributed by atoms with van der Waals surface area (Å²) >= 11 is 7.38. The van der Waals surface area contributed by atoms with E-state index < -0.39 is 0 Å². The Morgan fingerprint density at radius 3 is 3.00 bits per heavy atom. The first-order valence-electron chi connectivity index (χ1n) is 6.55. The number of nitrogens with zero attached hydrogens (tertiary/aromatic N) is 1. The molecule has 0 unspecified atom stereocenters. The molecule has 1 aromatic carbocycles. The van der Waals surface area contributed by atoms with Crippen molar-refractivity contribution in [3.63, 3.8) is 0 Å². The van der Waals surface area contributed by atoms with Crippen molar-refractivity contribution < 1.29 is 4.79 Å². The summed E-state index contributed by atoms with van der Waals surface area (Å²) in [6, 6.07) is 5.54. The second kappa shape index (κ2) is 6.87. The van der Waals surface area contributed by atoms with Crippen molar-refractivity contribution in [3.05, 3.63) is 23.2 Å². The van der Waals surface area contributed by atoms with Gasteiger partial charge in [0.2, 0.25) is 5.91 Å². The van der Waals surface area contributed by atoms with Crippen LogP contribution in [0.2, 0.25) is 5.02 Å². The maximum Gasteiger partial charge on any atom is 0.226 e. The van der Waals surface area contributed by atoms with Gasteiger partial charge in [-0.25, -0.2) is 4.98 Å². The number of unbranched alkanes of at least 4 members (excludes halogenated alkanes) is 3. The van der Waals surface area contributed by atoms with E-state index in [-0.39, 0.29) is 5.91 Å². The van der Waals surface area contributed by atoms with Crippen molar-refractivity contribution in [2.75, 3.05) is 5.32 Å². The number of carbonyl (C=O) groups excluding carboxylic acids is 1. The smallest absolute Gasteiger partial charge is 0.226 e. The van der Waals surface area contributed by atoms with E-state index in [4.69, 9.17) is 11.6 Å². The van der Waals surface area contributed by atoms with Gasteiger partial charge in [-0.05, 0) is 24.6 Å². The highest BCUT2D eigenvalue weighted by Crippen LogP contribution is 2.28. The number of thiazole rings is 1. The Kier molecular flexibility index (Phi) is 5.16. The van der Waals surface area contributed by atoms with Crippen LogP contribution < -0.4 is 5.32 Å².